The highest BCUT2D eigenvalue weighted by atomic mass is 35.5. The lowest BCUT2D eigenvalue weighted by molar-refractivity contribution is -0.660. The van der Waals surface area contributed by atoms with Gasteiger partial charge < -0.3 is 17.1 Å². The number of aromatic amines is 1. The Morgan fingerprint density at radius 1 is 1.29 bits per heavy atom. The lowest BCUT2D eigenvalue weighted by Gasteiger charge is -1.98. The second-order valence-electron chi connectivity index (χ2n) is 2.50. The molecule has 5 nitrogen and oxygen atoms in total. The van der Waals surface area contributed by atoms with E-state index in [1.807, 2.05) is 24.3 Å². The van der Waals surface area contributed by atoms with Crippen LogP contribution in [0.4, 0.5) is 0 Å². The number of methoxy groups -OCH3 is 1. The molecule has 0 atom stereocenters. The lowest BCUT2D eigenvalue weighted by Crippen LogP contribution is -3.00. The molecule has 1 heterocycles. The maximum atomic E-state index is 5.04. The zero-order valence-electron chi connectivity index (χ0n) is 7.51. The van der Waals surface area contributed by atoms with E-state index in [0.717, 1.165) is 11.4 Å². The summed E-state index contributed by atoms with van der Waals surface area (Å²) in [5, 5.41) is 9.97. The second-order valence-corrected chi connectivity index (χ2v) is 2.50. The van der Waals surface area contributed by atoms with Crippen LogP contribution in [-0.2, 0) is 0 Å². The Kier molecular flexibility index (Phi) is 3.41. The highest BCUT2D eigenvalue weighted by Crippen LogP contribution is 2.10. The molecule has 2 aromatic rings. The van der Waals surface area contributed by atoms with Crippen molar-refractivity contribution in [2.45, 2.75) is 0 Å². The van der Waals surface area contributed by atoms with Gasteiger partial charge in [-0.25, -0.2) is 0 Å². The summed E-state index contributed by atoms with van der Waals surface area (Å²) in [5.74, 6) is 0.830. The number of aromatic nitrogens is 4. The van der Waals surface area contributed by atoms with Gasteiger partial charge in [-0.15, -0.1) is 4.68 Å². The molecule has 1 aromatic carbocycles. The predicted octanol–water partition coefficient (Wildman–Crippen LogP) is -2.91. The Bertz CT molecular complexity index is 373. The van der Waals surface area contributed by atoms with Crippen molar-refractivity contribution < 1.29 is 21.8 Å². The third kappa shape index (κ3) is 2.00. The summed E-state index contributed by atoms with van der Waals surface area (Å²) in [6.07, 6.45) is 1.60. The molecule has 0 saturated heterocycles. The molecule has 1 aromatic heterocycles. The summed E-state index contributed by atoms with van der Waals surface area (Å²) in [5.41, 5.74) is 0.964. The van der Waals surface area contributed by atoms with Crippen LogP contribution in [0, 0.1) is 0 Å². The zero-order chi connectivity index (χ0) is 9.10. The fourth-order valence-electron chi connectivity index (χ4n) is 1.04. The number of hydrogen-bond acceptors (Lipinski definition) is 3. The Labute approximate surface area is 87.1 Å². The van der Waals surface area contributed by atoms with Gasteiger partial charge >= 0.3 is 0 Å². The van der Waals surface area contributed by atoms with Crippen LogP contribution in [0.25, 0.3) is 5.69 Å². The maximum Gasteiger partial charge on any atom is 0.293 e. The average Bonchev–Trinajstić information content (AvgIpc) is 2.71. The molecule has 0 aliphatic rings. The SMILES string of the molecule is COc1ccc(-[n+]2cnn[nH]2)cc1.[Cl-]. The number of ether oxygens (including phenoxy) is 1. The van der Waals surface area contributed by atoms with Gasteiger partial charge in [0.15, 0.2) is 5.21 Å². The van der Waals surface area contributed by atoms with E-state index in [1.165, 1.54) is 0 Å². The van der Waals surface area contributed by atoms with E-state index in [0.29, 0.717) is 0 Å². The third-order valence-electron chi connectivity index (χ3n) is 1.73. The molecule has 0 amide bonds. The van der Waals surface area contributed by atoms with Crippen LogP contribution < -0.4 is 21.8 Å². The van der Waals surface area contributed by atoms with Crippen molar-refractivity contribution in [3.8, 4) is 11.4 Å². The van der Waals surface area contributed by atoms with Crippen LogP contribution in [0.3, 0.4) is 0 Å². The summed E-state index contributed by atoms with van der Waals surface area (Å²) in [6, 6.07) is 7.59. The Balaban J connectivity index is 0.000000980. The van der Waals surface area contributed by atoms with Gasteiger partial charge in [-0.05, 0) is 24.3 Å². The predicted molar refractivity (Wildman–Crippen MR) is 44.5 cm³/mol. The van der Waals surface area contributed by atoms with Gasteiger partial charge in [0.1, 0.15) is 16.5 Å². The van der Waals surface area contributed by atoms with E-state index in [-0.39, 0.29) is 12.4 Å². The van der Waals surface area contributed by atoms with E-state index in [4.69, 9.17) is 4.74 Å². The lowest BCUT2D eigenvalue weighted by atomic mass is 10.3. The van der Waals surface area contributed by atoms with Crippen LogP contribution in [0.5, 0.6) is 5.75 Å². The number of nitrogens with one attached hydrogen (secondary N) is 1. The van der Waals surface area contributed by atoms with Gasteiger partial charge in [-0.2, -0.15) is 0 Å². The molecular weight excluding hydrogens is 204 g/mol. The fourth-order valence-corrected chi connectivity index (χ4v) is 1.04. The van der Waals surface area contributed by atoms with Crippen molar-refractivity contribution in [2.75, 3.05) is 7.11 Å². The molecule has 0 bridgehead atoms. The van der Waals surface area contributed by atoms with Crippen LogP contribution in [0.1, 0.15) is 0 Å². The van der Waals surface area contributed by atoms with Crippen LogP contribution >= 0.6 is 0 Å². The van der Waals surface area contributed by atoms with Crippen molar-refractivity contribution in [1.82, 2.24) is 15.5 Å². The van der Waals surface area contributed by atoms with E-state index in [1.54, 1.807) is 18.1 Å². The van der Waals surface area contributed by atoms with Crippen LogP contribution in [0.2, 0.25) is 0 Å². The van der Waals surface area contributed by atoms with Gasteiger partial charge in [-0.3, -0.25) is 0 Å². The first kappa shape index (κ1) is 10.5. The maximum absolute atomic E-state index is 5.04. The van der Waals surface area contributed by atoms with Crippen molar-refractivity contribution in [1.29, 1.82) is 0 Å². The monoisotopic (exact) mass is 212 g/mol. The van der Waals surface area contributed by atoms with Gasteiger partial charge in [0.05, 0.1) is 7.11 Å². The van der Waals surface area contributed by atoms with E-state index in [9.17, 15) is 0 Å². The van der Waals surface area contributed by atoms with Crippen molar-refractivity contribution in [2.24, 2.45) is 0 Å². The molecule has 0 saturated carbocycles. The minimum atomic E-state index is 0. The fraction of sp³-hybridized carbons (Fsp3) is 0.125. The first-order valence-corrected chi connectivity index (χ1v) is 3.82. The molecule has 14 heavy (non-hydrogen) atoms. The molecule has 74 valence electrons. The van der Waals surface area contributed by atoms with Gasteiger partial charge in [0, 0.05) is 0 Å². The molecule has 6 heteroatoms. The second kappa shape index (κ2) is 4.57. The summed E-state index contributed by atoms with van der Waals surface area (Å²) in [7, 11) is 1.64. The Hall–Kier alpha value is -1.62. The highest BCUT2D eigenvalue weighted by Gasteiger charge is 2.02. The summed E-state index contributed by atoms with van der Waals surface area (Å²) in [4.78, 5) is 0. The largest absolute Gasteiger partial charge is 1.00 e. The molecule has 1 N–H and O–H groups in total. The van der Waals surface area contributed by atoms with Gasteiger partial charge in [-0.1, -0.05) is 5.21 Å². The average molecular weight is 213 g/mol. The van der Waals surface area contributed by atoms with Crippen molar-refractivity contribution >= 4 is 0 Å². The molecule has 0 spiro atoms. The Morgan fingerprint density at radius 3 is 2.50 bits per heavy atom. The molecule has 2 rings (SSSR count). The van der Waals surface area contributed by atoms with E-state index in [2.05, 4.69) is 15.5 Å². The number of nitrogens with zero attached hydrogens (tertiary/aromatic N) is 3. The highest BCUT2D eigenvalue weighted by molar-refractivity contribution is 5.30. The number of halogens is 1. The summed E-state index contributed by atoms with van der Waals surface area (Å²) >= 11 is 0. The van der Waals surface area contributed by atoms with E-state index >= 15 is 0 Å². The number of tetrazole rings is 1. The third-order valence-corrected chi connectivity index (χ3v) is 1.73. The van der Waals surface area contributed by atoms with E-state index < -0.39 is 0 Å². The smallest absolute Gasteiger partial charge is 0.293 e. The minimum absolute atomic E-state index is 0. The number of benzene rings is 1. The molecule has 0 aliphatic carbocycles. The molecule has 0 fully saturated rings. The van der Waals surface area contributed by atoms with Crippen molar-refractivity contribution in [3.63, 3.8) is 0 Å². The summed E-state index contributed by atoms with van der Waals surface area (Å²) < 4.78 is 6.74. The zero-order valence-corrected chi connectivity index (χ0v) is 8.27. The molecular formula is C8H9ClN4O. The quantitative estimate of drug-likeness (QED) is 0.544. The number of rotatable bonds is 2. The van der Waals surface area contributed by atoms with Crippen LogP contribution in [-0.4, -0.2) is 22.6 Å². The van der Waals surface area contributed by atoms with Gasteiger partial charge in [0.25, 0.3) is 6.33 Å². The molecule has 0 radical (unpaired) electrons. The first-order valence-electron chi connectivity index (χ1n) is 3.82. The first-order chi connectivity index (χ1) is 6.40. The Morgan fingerprint density at radius 2 is 2.00 bits per heavy atom. The number of H-pyrrole nitrogens is 1. The number of hydrogen-bond donors (Lipinski definition) is 1. The summed E-state index contributed by atoms with van der Waals surface area (Å²) in [6.45, 7) is 0. The van der Waals surface area contributed by atoms with Gasteiger partial charge in [0.2, 0.25) is 0 Å². The molecule has 0 aliphatic heterocycles. The molecule has 0 unspecified atom stereocenters. The standard InChI is InChI=1S/C8H8N4O.ClH/c1-13-8-4-2-7(3-5-8)12-6-9-10-11-12;/h2-6H,1H3;1H. The topological polar surface area (TPSA) is 54.7 Å². The minimum Gasteiger partial charge on any atom is -1.00 e. The van der Waals surface area contributed by atoms with Crippen LogP contribution in [0.15, 0.2) is 30.6 Å². The van der Waals surface area contributed by atoms with Crippen molar-refractivity contribution in [3.05, 3.63) is 30.6 Å². The normalized spacial score (nSPS) is 9.21.